The van der Waals surface area contributed by atoms with Crippen LogP contribution in [0.3, 0.4) is 0 Å². The maximum absolute atomic E-state index is 12.4. The Kier molecular flexibility index (Phi) is 4.52. The third-order valence-electron chi connectivity index (χ3n) is 3.64. The van der Waals surface area contributed by atoms with Crippen LogP contribution in [0, 0.1) is 17.8 Å². The molecule has 20 heavy (non-hydrogen) atoms. The molecule has 0 radical (unpaired) electrons. The molecule has 0 aromatic carbocycles. The first-order valence-corrected chi connectivity index (χ1v) is 7.95. The van der Waals surface area contributed by atoms with E-state index < -0.39 is 0 Å². The van der Waals surface area contributed by atoms with Gasteiger partial charge in [0.2, 0.25) is 0 Å². The summed E-state index contributed by atoms with van der Waals surface area (Å²) in [4.78, 5) is 18.9. The number of aromatic nitrogens is 1. The highest BCUT2D eigenvalue weighted by molar-refractivity contribution is 7.18. The zero-order chi connectivity index (χ0) is 14.9. The number of nitrogens with two attached hydrogens (primary N) is 1. The minimum absolute atomic E-state index is 0.0169. The van der Waals surface area contributed by atoms with E-state index in [0.29, 0.717) is 22.5 Å². The average Bonchev–Trinajstić information content (AvgIpc) is 2.93. The van der Waals surface area contributed by atoms with E-state index in [1.807, 2.05) is 7.05 Å². The van der Waals surface area contributed by atoms with Crippen molar-refractivity contribution in [1.82, 2.24) is 9.88 Å². The highest BCUT2D eigenvalue weighted by Gasteiger charge is 2.34. The van der Waals surface area contributed by atoms with Crippen molar-refractivity contribution in [1.29, 1.82) is 0 Å². The summed E-state index contributed by atoms with van der Waals surface area (Å²) < 4.78 is 0. The zero-order valence-electron chi connectivity index (χ0n) is 12.6. The van der Waals surface area contributed by atoms with Gasteiger partial charge in [-0.2, -0.15) is 0 Å². The Labute approximate surface area is 124 Å². The summed E-state index contributed by atoms with van der Waals surface area (Å²) in [7, 11) is 1.84. The Morgan fingerprint density at radius 3 is 2.80 bits per heavy atom. The van der Waals surface area contributed by atoms with Gasteiger partial charge in [0.15, 0.2) is 5.13 Å². The van der Waals surface area contributed by atoms with Crippen LogP contribution in [0.25, 0.3) is 0 Å². The van der Waals surface area contributed by atoms with Crippen molar-refractivity contribution in [3.8, 4) is 0 Å². The summed E-state index contributed by atoms with van der Waals surface area (Å²) in [6.07, 6.45) is 1.22. The summed E-state index contributed by atoms with van der Waals surface area (Å²) in [6, 6.07) is 0. The van der Waals surface area contributed by atoms with Crippen LogP contribution < -0.4 is 11.1 Å². The third kappa shape index (κ3) is 3.62. The number of thiazole rings is 1. The highest BCUT2D eigenvalue weighted by atomic mass is 32.1. The lowest BCUT2D eigenvalue weighted by molar-refractivity contribution is 0.0792. The molecule has 0 saturated heterocycles. The Hall–Kier alpha value is -1.30. The minimum atomic E-state index is -0.0169. The minimum Gasteiger partial charge on any atom is -0.382 e. The Bertz CT molecular complexity index is 486. The summed E-state index contributed by atoms with van der Waals surface area (Å²) in [6.45, 7) is 8.11. The predicted octanol–water partition coefficient (Wildman–Crippen LogP) is 2.52. The maximum atomic E-state index is 12.4. The molecular weight excluding hydrogens is 272 g/mol. The van der Waals surface area contributed by atoms with E-state index in [2.05, 4.69) is 31.1 Å². The van der Waals surface area contributed by atoms with Crippen molar-refractivity contribution in [2.45, 2.75) is 27.2 Å². The quantitative estimate of drug-likeness (QED) is 0.846. The van der Waals surface area contributed by atoms with Gasteiger partial charge in [-0.15, -0.1) is 0 Å². The molecule has 5 nitrogen and oxygen atoms in total. The van der Waals surface area contributed by atoms with Crippen molar-refractivity contribution in [2.24, 2.45) is 17.8 Å². The van der Waals surface area contributed by atoms with Gasteiger partial charge in [-0.25, -0.2) is 4.98 Å². The number of nitrogens with one attached hydrogen (secondary N) is 1. The van der Waals surface area contributed by atoms with Crippen LogP contribution in [0.5, 0.6) is 0 Å². The van der Waals surface area contributed by atoms with Crippen LogP contribution in [-0.4, -0.2) is 35.9 Å². The number of rotatable bonds is 6. The van der Waals surface area contributed by atoms with Crippen molar-refractivity contribution < 1.29 is 4.79 Å². The number of carbonyl (C=O) groups is 1. The third-order valence-corrected chi connectivity index (χ3v) is 4.66. The molecule has 3 N–H and O–H groups in total. The van der Waals surface area contributed by atoms with Gasteiger partial charge >= 0.3 is 0 Å². The van der Waals surface area contributed by atoms with Crippen molar-refractivity contribution >= 4 is 28.2 Å². The maximum Gasteiger partial charge on any atom is 0.267 e. The molecule has 2 unspecified atom stereocenters. The summed E-state index contributed by atoms with van der Waals surface area (Å²) >= 11 is 1.35. The lowest BCUT2D eigenvalue weighted by atomic mass is 10.2. The Balaban J connectivity index is 1.98. The molecule has 1 aliphatic carbocycles. The lowest BCUT2D eigenvalue weighted by Crippen LogP contribution is -2.29. The number of carbonyl (C=O) groups excluding carboxylic acids is 1. The molecule has 2 rings (SSSR count). The molecular formula is C14H24N4OS. The summed E-state index contributed by atoms with van der Waals surface area (Å²) in [5, 5.41) is 3.95. The van der Waals surface area contributed by atoms with Gasteiger partial charge in [0.25, 0.3) is 5.91 Å². The van der Waals surface area contributed by atoms with E-state index in [0.717, 1.165) is 24.1 Å². The van der Waals surface area contributed by atoms with Gasteiger partial charge in [-0.3, -0.25) is 4.79 Å². The number of hydrogen-bond acceptors (Lipinski definition) is 5. The molecule has 1 aliphatic rings. The van der Waals surface area contributed by atoms with Gasteiger partial charge in [0.1, 0.15) is 10.7 Å². The number of nitrogen functional groups attached to an aromatic ring is 1. The molecule has 6 heteroatoms. The summed E-state index contributed by atoms with van der Waals surface area (Å²) in [5.74, 6) is 2.24. The normalized spacial score (nSPS) is 21.1. The second-order valence-corrected chi connectivity index (χ2v) is 7.17. The number of hydrogen-bond donors (Lipinski definition) is 2. The fraction of sp³-hybridized carbons (Fsp3) is 0.714. The topological polar surface area (TPSA) is 71.2 Å². The highest BCUT2D eigenvalue weighted by Crippen LogP contribution is 2.38. The first-order valence-electron chi connectivity index (χ1n) is 7.14. The molecule has 2 atom stereocenters. The number of nitrogens with zero attached hydrogens (tertiary/aromatic N) is 2. The molecule has 1 aromatic rings. The molecule has 1 fully saturated rings. The predicted molar refractivity (Wildman–Crippen MR) is 84.1 cm³/mol. The van der Waals surface area contributed by atoms with E-state index in [-0.39, 0.29) is 5.91 Å². The van der Waals surface area contributed by atoms with Crippen LogP contribution in [-0.2, 0) is 0 Å². The number of amides is 1. The first kappa shape index (κ1) is 15.1. The largest absolute Gasteiger partial charge is 0.382 e. The van der Waals surface area contributed by atoms with Crippen LogP contribution in [0.15, 0.2) is 0 Å². The fourth-order valence-electron chi connectivity index (χ4n) is 2.11. The fourth-order valence-corrected chi connectivity index (χ4v) is 3.00. The summed E-state index contributed by atoms with van der Waals surface area (Å²) in [5.41, 5.74) is 5.87. The smallest absolute Gasteiger partial charge is 0.267 e. The van der Waals surface area contributed by atoms with Gasteiger partial charge in [-0.1, -0.05) is 32.1 Å². The van der Waals surface area contributed by atoms with E-state index in [1.54, 1.807) is 4.90 Å². The van der Waals surface area contributed by atoms with Crippen LogP contribution in [0.1, 0.15) is 36.9 Å². The Morgan fingerprint density at radius 2 is 2.25 bits per heavy atom. The molecule has 1 amide bonds. The van der Waals surface area contributed by atoms with Gasteiger partial charge in [-0.05, 0) is 24.2 Å². The molecule has 0 bridgehead atoms. The van der Waals surface area contributed by atoms with Crippen LogP contribution >= 0.6 is 11.3 Å². The van der Waals surface area contributed by atoms with E-state index in [4.69, 9.17) is 5.73 Å². The second-order valence-electron chi connectivity index (χ2n) is 6.17. The molecule has 1 aromatic heterocycles. The Morgan fingerprint density at radius 1 is 1.60 bits per heavy atom. The molecule has 0 spiro atoms. The van der Waals surface area contributed by atoms with Crippen LogP contribution in [0.2, 0.25) is 0 Å². The second kappa shape index (κ2) is 5.99. The standard InChI is InChI=1S/C14H24N4OS/c1-8(2)6-16-14-17-12(15)11(20-14)13(19)18(4)7-10-5-9(10)3/h8-10H,5-7,15H2,1-4H3,(H,16,17). The number of anilines is 2. The van der Waals surface area contributed by atoms with Crippen molar-refractivity contribution in [2.75, 3.05) is 31.2 Å². The molecule has 1 saturated carbocycles. The zero-order valence-corrected chi connectivity index (χ0v) is 13.5. The van der Waals surface area contributed by atoms with E-state index in [1.165, 1.54) is 17.8 Å². The lowest BCUT2D eigenvalue weighted by Gasteiger charge is -2.15. The first-order chi connectivity index (χ1) is 9.38. The monoisotopic (exact) mass is 296 g/mol. The van der Waals surface area contributed by atoms with Crippen molar-refractivity contribution in [3.63, 3.8) is 0 Å². The van der Waals surface area contributed by atoms with Gasteiger partial charge in [0, 0.05) is 20.1 Å². The molecule has 0 aliphatic heterocycles. The SMILES string of the molecule is CC(C)CNc1nc(N)c(C(=O)N(C)CC2CC2C)s1. The van der Waals surface area contributed by atoms with Gasteiger partial charge in [0.05, 0.1) is 0 Å². The molecule has 1 heterocycles. The molecule has 112 valence electrons. The average molecular weight is 296 g/mol. The van der Waals surface area contributed by atoms with E-state index in [9.17, 15) is 4.79 Å². The van der Waals surface area contributed by atoms with Crippen LogP contribution in [0.4, 0.5) is 10.9 Å². The van der Waals surface area contributed by atoms with E-state index >= 15 is 0 Å². The van der Waals surface area contributed by atoms with Gasteiger partial charge < -0.3 is 16.0 Å². The van der Waals surface area contributed by atoms with Crippen molar-refractivity contribution in [3.05, 3.63) is 4.88 Å².